The van der Waals surface area contributed by atoms with Crippen molar-refractivity contribution in [1.82, 2.24) is 9.97 Å². The van der Waals surface area contributed by atoms with Crippen molar-refractivity contribution in [3.8, 4) is 0 Å². The molecule has 1 aromatic heterocycles. The molecule has 0 amide bonds. The maximum absolute atomic E-state index is 4.29. The summed E-state index contributed by atoms with van der Waals surface area (Å²) in [5, 5.41) is 6.67. The molecule has 3 aromatic rings. The first-order valence-electron chi connectivity index (χ1n) is 7.37. The van der Waals surface area contributed by atoms with Crippen molar-refractivity contribution in [2.75, 3.05) is 10.6 Å². The quantitative estimate of drug-likeness (QED) is 0.653. The van der Waals surface area contributed by atoms with E-state index in [-0.39, 0.29) is 6.04 Å². The van der Waals surface area contributed by atoms with Crippen molar-refractivity contribution in [2.24, 2.45) is 0 Å². The van der Waals surface area contributed by atoms with Crippen LogP contribution in [0.15, 0.2) is 71.5 Å². The molecule has 23 heavy (non-hydrogen) atoms. The lowest BCUT2D eigenvalue weighted by Gasteiger charge is -2.15. The minimum atomic E-state index is 0.173. The van der Waals surface area contributed by atoms with Gasteiger partial charge in [0.1, 0.15) is 18.0 Å². The lowest BCUT2D eigenvalue weighted by atomic mass is 10.1. The fraction of sp³-hybridized carbons (Fsp3) is 0.111. The Balaban J connectivity index is 1.71. The SMILES string of the molecule is CC(Nc1cc(Nc2ccc(Br)cc2)ncn1)c1ccccc1. The molecule has 4 nitrogen and oxygen atoms in total. The Morgan fingerprint density at radius 1 is 0.913 bits per heavy atom. The highest BCUT2D eigenvalue weighted by atomic mass is 79.9. The van der Waals surface area contributed by atoms with Crippen LogP contribution in [0.5, 0.6) is 0 Å². The van der Waals surface area contributed by atoms with Crippen LogP contribution >= 0.6 is 15.9 Å². The first kappa shape index (κ1) is 15.5. The normalized spacial score (nSPS) is 11.7. The van der Waals surface area contributed by atoms with Crippen LogP contribution in [0.4, 0.5) is 17.3 Å². The van der Waals surface area contributed by atoms with Crippen LogP contribution in [0.1, 0.15) is 18.5 Å². The summed E-state index contributed by atoms with van der Waals surface area (Å²) >= 11 is 3.43. The summed E-state index contributed by atoms with van der Waals surface area (Å²) in [5.74, 6) is 1.54. The topological polar surface area (TPSA) is 49.8 Å². The van der Waals surface area contributed by atoms with Crippen molar-refractivity contribution >= 4 is 33.3 Å². The predicted molar refractivity (Wildman–Crippen MR) is 97.9 cm³/mol. The molecule has 0 radical (unpaired) electrons. The molecule has 0 bridgehead atoms. The molecule has 1 unspecified atom stereocenters. The van der Waals surface area contributed by atoms with Crippen molar-refractivity contribution in [3.05, 3.63) is 77.0 Å². The van der Waals surface area contributed by atoms with Crippen molar-refractivity contribution in [2.45, 2.75) is 13.0 Å². The molecule has 0 fully saturated rings. The van der Waals surface area contributed by atoms with Gasteiger partial charge in [-0.15, -0.1) is 0 Å². The standard InChI is InChI=1S/C18H17BrN4/c1-13(14-5-3-2-4-6-14)22-17-11-18(21-12-20-17)23-16-9-7-15(19)8-10-16/h2-13H,1H3,(H2,20,21,22,23). The van der Waals surface area contributed by atoms with Gasteiger partial charge in [0.15, 0.2) is 0 Å². The number of rotatable bonds is 5. The van der Waals surface area contributed by atoms with E-state index in [1.54, 1.807) is 6.33 Å². The number of nitrogens with zero attached hydrogens (tertiary/aromatic N) is 2. The van der Waals surface area contributed by atoms with Crippen molar-refractivity contribution in [3.63, 3.8) is 0 Å². The van der Waals surface area contributed by atoms with Gasteiger partial charge in [0.25, 0.3) is 0 Å². The highest BCUT2D eigenvalue weighted by Crippen LogP contribution is 2.21. The summed E-state index contributed by atoms with van der Waals surface area (Å²) in [6.07, 6.45) is 1.56. The molecule has 0 aliphatic heterocycles. The summed E-state index contributed by atoms with van der Waals surface area (Å²) in [4.78, 5) is 8.55. The zero-order chi connectivity index (χ0) is 16.1. The van der Waals surface area contributed by atoms with Gasteiger partial charge in [-0.2, -0.15) is 0 Å². The minimum absolute atomic E-state index is 0.173. The van der Waals surface area contributed by atoms with E-state index in [9.17, 15) is 0 Å². The number of nitrogens with one attached hydrogen (secondary N) is 2. The number of aromatic nitrogens is 2. The van der Waals surface area contributed by atoms with E-state index in [0.717, 1.165) is 21.8 Å². The van der Waals surface area contributed by atoms with Gasteiger partial charge in [0.2, 0.25) is 0 Å². The van der Waals surface area contributed by atoms with Crippen LogP contribution in [0.25, 0.3) is 0 Å². The summed E-state index contributed by atoms with van der Waals surface area (Å²) in [6, 6.07) is 20.3. The summed E-state index contributed by atoms with van der Waals surface area (Å²) in [5.41, 5.74) is 2.20. The molecule has 1 heterocycles. The molecule has 2 N–H and O–H groups in total. The van der Waals surface area contributed by atoms with E-state index in [1.165, 1.54) is 5.56 Å². The fourth-order valence-electron chi connectivity index (χ4n) is 2.23. The van der Waals surface area contributed by atoms with E-state index in [1.807, 2.05) is 48.5 Å². The third-order valence-corrected chi connectivity index (χ3v) is 3.98. The summed E-state index contributed by atoms with van der Waals surface area (Å²) in [7, 11) is 0. The highest BCUT2D eigenvalue weighted by molar-refractivity contribution is 9.10. The molecule has 3 rings (SSSR count). The lowest BCUT2D eigenvalue weighted by molar-refractivity contribution is 0.872. The molecule has 0 spiro atoms. The van der Waals surface area contributed by atoms with Crippen LogP contribution in [-0.2, 0) is 0 Å². The first-order chi connectivity index (χ1) is 11.2. The Bertz CT molecular complexity index is 759. The average molecular weight is 369 g/mol. The molecule has 2 aromatic carbocycles. The number of halogens is 1. The number of anilines is 3. The van der Waals surface area contributed by atoms with Gasteiger partial charge in [-0.05, 0) is 36.8 Å². The number of benzene rings is 2. The van der Waals surface area contributed by atoms with Crippen LogP contribution in [0.2, 0.25) is 0 Å². The van der Waals surface area contributed by atoms with Crippen LogP contribution in [-0.4, -0.2) is 9.97 Å². The molecule has 1 atom stereocenters. The smallest absolute Gasteiger partial charge is 0.135 e. The molecule has 0 saturated carbocycles. The Labute approximate surface area is 144 Å². The molecule has 0 saturated heterocycles. The zero-order valence-electron chi connectivity index (χ0n) is 12.7. The minimum Gasteiger partial charge on any atom is -0.363 e. The lowest BCUT2D eigenvalue weighted by Crippen LogP contribution is -2.08. The zero-order valence-corrected chi connectivity index (χ0v) is 14.3. The highest BCUT2D eigenvalue weighted by Gasteiger charge is 2.06. The molecule has 5 heteroatoms. The molecule has 0 aliphatic rings. The first-order valence-corrected chi connectivity index (χ1v) is 8.16. The Morgan fingerprint density at radius 2 is 1.61 bits per heavy atom. The van der Waals surface area contributed by atoms with Gasteiger partial charge in [-0.3, -0.25) is 0 Å². The molecular formula is C18H17BrN4. The second-order valence-electron chi connectivity index (χ2n) is 5.20. The van der Waals surface area contributed by atoms with E-state index in [2.05, 4.69) is 55.6 Å². The van der Waals surface area contributed by atoms with Crippen molar-refractivity contribution < 1.29 is 0 Å². The van der Waals surface area contributed by atoms with Gasteiger partial charge in [-0.1, -0.05) is 46.3 Å². The number of hydrogen-bond acceptors (Lipinski definition) is 4. The Morgan fingerprint density at radius 3 is 2.35 bits per heavy atom. The van der Waals surface area contributed by atoms with Crippen LogP contribution < -0.4 is 10.6 Å². The average Bonchev–Trinajstić information content (AvgIpc) is 2.58. The van der Waals surface area contributed by atoms with E-state index in [0.29, 0.717) is 0 Å². The van der Waals surface area contributed by atoms with Crippen molar-refractivity contribution in [1.29, 1.82) is 0 Å². The summed E-state index contributed by atoms with van der Waals surface area (Å²) in [6.45, 7) is 2.11. The van der Waals surface area contributed by atoms with Gasteiger partial charge in [-0.25, -0.2) is 9.97 Å². The maximum atomic E-state index is 4.29. The van der Waals surface area contributed by atoms with Gasteiger partial charge < -0.3 is 10.6 Å². The fourth-order valence-corrected chi connectivity index (χ4v) is 2.50. The Hall–Kier alpha value is -2.40. The third-order valence-electron chi connectivity index (χ3n) is 3.45. The third kappa shape index (κ3) is 4.29. The molecular weight excluding hydrogens is 352 g/mol. The van der Waals surface area contributed by atoms with E-state index >= 15 is 0 Å². The number of hydrogen-bond donors (Lipinski definition) is 2. The van der Waals surface area contributed by atoms with Gasteiger partial charge in [0, 0.05) is 22.3 Å². The largest absolute Gasteiger partial charge is 0.363 e. The second-order valence-corrected chi connectivity index (χ2v) is 6.11. The van der Waals surface area contributed by atoms with Crippen LogP contribution in [0, 0.1) is 0 Å². The molecule has 116 valence electrons. The van der Waals surface area contributed by atoms with Gasteiger partial charge in [0.05, 0.1) is 0 Å². The van der Waals surface area contributed by atoms with E-state index < -0.39 is 0 Å². The predicted octanol–water partition coefficient (Wildman–Crippen LogP) is 5.16. The van der Waals surface area contributed by atoms with Crippen LogP contribution in [0.3, 0.4) is 0 Å². The monoisotopic (exact) mass is 368 g/mol. The Kier molecular flexibility index (Phi) is 4.88. The maximum Gasteiger partial charge on any atom is 0.135 e. The second kappa shape index (κ2) is 7.24. The molecule has 0 aliphatic carbocycles. The summed E-state index contributed by atoms with van der Waals surface area (Å²) < 4.78 is 1.05. The van der Waals surface area contributed by atoms with E-state index in [4.69, 9.17) is 0 Å². The van der Waals surface area contributed by atoms with Gasteiger partial charge >= 0.3 is 0 Å².